The fraction of sp³-hybridized carbons (Fsp3) is 0.808. The van der Waals surface area contributed by atoms with Crippen molar-refractivity contribution in [3.63, 3.8) is 0 Å². The summed E-state index contributed by atoms with van der Waals surface area (Å²) in [7, 11) is 1.71. The van der Waals surface area contributed by atoms with Gasteiger partial charge in [-0.1, -0.05) is 23.3 Å². The second kappa shape index (κ2) is 10.4. The zero-order valence-corrected chi connectivity index (χ0v) is 21.0. The molecule has 0 aromatic heterocycles. The van der Waals surface area contributed by atoms with Crippen molar-refractivity contribution in [2.45, 2.75) is 109 Å². The number of ether oxygens (including phenoxy) is 4. The van der Waals surface area contributed by atoms with Gasteiger partial charge in [0.05, 0.1) is 25.2 Å². The predicted molar refractivity (Wildman–Crippen MR) is 126 cm³/mol. The van der Waals surface area contributed by atoms with E-state index >= 15 is 0 Å². The highest BCUT2D eigenvalue weighted by atomic mass is 16.6. The number of epoxide rings is 2. The molecule has 0 aromatic rings. The maximum atomic E-state index is 12.6. The van der Waals surface area contributed by atoms with Crippen molar-refractivity contribution < 1.29 is 23.7 Å². The molecule has 1 spiro atoms. The fourth-order valence-corrected chi connectivity index (χ4v) is 5.26. The summed E-state index contributed by atoms with van der Waals surface area (Å²) in [4.78, 5) is 12.6. The molecule has 7 atom stereocenters. The Hall–Kier alpha value is -1.21. The Balaban J connectivity index is 1.57. The molecule has 1 N–H and O–H groups in total. The first-order valence-corrected chi connectivity index (χ1v) is 12.2. The molecule has 1 saturated carbocycles. The maximum Gasteiger partial charge on any atom is 0.320 e. The van der Waals surface area contributed by atoms with E-state index in [9.17, 15) is 4.79 Å². The lowest BCUT2D eigenvalue weighted by Gasteiger charge is -2.42. The molecule has 0 bridgehead atoms. The van der Waals surface area contributed by atoms with Crippen LogP contribution < -0.4 is 5.32 Å². The second-order valence-electron chi connectivity index (χ2n) is 10.5. The van der Waals surface area contributed by atoms with Crippen LogP contribution in [0.15, 0.2) is 23.3 Å². The zero-order valence-electron chi connectivity index (χ0n) is 21.0. The van der Waals surface area contributed by atoms with E-state index in [1.807, 2.05) is 0 Å². The summed E-state index contributed by atoms with van der Waals surface area (Å²) in [5.74, 6) is -0.168. The van der Waals surface area contributed by atoms with Crippen LogP contribution >= 0.6 is 0 Å². The van der Waals surface area contributed by atoms with E-state index in [0.29, 0.717) is 0 Å². The van der Waals surface area contributed by atoms with Gasteiger partial charge in [-0.05, 0) is 73.6 Å². The van der Waals surface area contributed by atoms with Gasteiger partial charge in [-0.2, -0.15) is 0 Å². The molecule has 7 unspecified atom stereocenters. The number of rotatable bonds is 11. The van der Waals surface area contributed by atoms with Gasteiger partial charge in [-0.3, -0.25) is 4.79 Å². The minimum Gasteiger partial charge on any atom is -0.459 e. The van der Waals surface area contributed by atoms with Gasteiger partial charge in [-0.25, -0.2) is 0 Å². The van der Waals surface area contributed by atoms with Crippen LogP contribution in [0.1, 0.15) is 73.6 Å². The molecule has 0 amide bonds. The third-order valence-electron chi connectivity index (χ3n) is 7.27. The third-order valence-corrected chi connectivity index (χ3v) is 7.27. The Morgan fingerprint density at radius 3 is 2.50 bits per heavy atom. The first-order chi connectivity index (χ1) is 15.1. The molecule has 32 heavy (non-hydrogen) atoms. The lowest BCUT2D eigenvalue weighted by Crippen LogP contribution is -2.56. The summed E-state index contributed by atoms with van der Waals surface area (Å²) < 4.78 is 24.1. The molecular formula is C26H43NO5. The first kappa shape index (κ1) is 25.4. The quantitative estimate of drug-likeness (QED) is 0.288. The molecule has 1 aliphatic carbocycles. The van der Waals surface area contributed by atoms with Crippen molar-refractivity contribution in [1.29, 1.82) is 0 Å². The SMILES string of the molecule is COC1C(OC(=O)CNC(C)CCC=C(C)C)CCC2(CO2)C1C1(C)OC1CC=C(C)C. The number of hydrogen-bond acceptors (Lipinski definition) is 6. The molecule has 0 radical (unpaired) electrons. The molecule has 182 valence electrons. The van der Waals surface area contributed by atoms with Gasteiger partial charge in [0.2, 0.25) is 0 Å². The van der Waals surface area contributed by atoms with Crippen molar-refractivity contribution in [3.05, 3.63) is 23.3 Å². The molecule has 3 fully saturated rings. The minimum absolute atomic E-state index is 0.0538. The Kier molecular flexibility index (Phi) is 8.24. The summed E-state index contributed by atoms with van der Waals surface area (Å²) >= 11 is 0. The molecule has 2 aliphatic heterocycles. The van der Waals surface area contributed by atoms with Gasteiger partial charge < -0.3 is 24.3 Å². The van der Waals surface area contributed by atoms with Gasteiger partial charge in [0, 0.05) is 13.2 Å². The summed E-state index contributed by atoms with van der Waals surface area (Å²) in [6, 6.07) is 0.258. The number of carbonyl (C=O) groups is 1. The van der Waals surface area contributed by atoms with Crippen LogP contribution in [-0.4, -0.2) is 61.8 Å². The monoisotopic (exact) mass is 449 g/mol. The Labute approximate surface area is 194 Å². The summed E-state index contributed by atoms with van der Waals surface area (Å²) in [6.07, 6.45) is 8.62. The lowest BCUT2D eigenvalue weighted by atomic mass is 9.68. The van der Waals surface area contributed by atoms with E-state index in [4.69, 9.17) is 18.9 Å². The van der Waals surface area contributed by atoms with Crippen molar-refractivity contribution in [1.82, 2.24) is 5.32 Å². The van der Waals surface area contributed by atoms with Crippen LogP contribution in [0.5, 0.6) is 0 Å². The lowest BCUT2D eigenvalue weighted by molar-refractivity contribution is -0.171. The minimum atomic E-state index is -0.314. The summed E-state index contributed by atoms with van der Waals surface area (Å²) in [5.41, 5.74) is 2.10. The van der Waals surface area contributed by atoms with E-state index < -0.39 is 0 Å². The van der Waals surface area contributed by atoms with E-state index in [0.717, 1.165) is 38.7 Å². The van der Waals surface area contributed by atoms with Crippen molar-refractivity contribution >= 4 is 5.97 Å². The van der Waals surface area contributed by atoms with Crippen LogP contribution in [0.2, 0.25) is 0 Å². The largest absolute Gasteiger partial charge is 0.459 e. The Morgan fingerprint density at radius 2 is 1.91 bits per heavy atom. The van der Waals surface area contributed by atoms with Crippen molar-refractivity contribution in [2.75, 3.05) is 20.3 Å². The molecule has 2 saturated heterocycles. The highest BCUT2D eigenvalue weighted by Crippen LogP contribution is 2.59. The number of esters is 1. The van der Waals surface area contributed by atoms with Crippen LogP contribution in [0.4, 0.5) is 0 Å². The highest BCUT2D eigenvalue weighted by molar-refractivity contribution is 5.72. The molecule has 6 heteroatoms. The smallest absolute Gasteiger partial charge is 0.320 e. The number of carbonyl (C=O) groups excluding carboxylic acids is 1. The van der Waals surface area contributed by atoms with Gasteiger partial charge in [0.15, 0.2) is 0 Å². The summed E-state index contributed by atoms with van der Waals surface area (Å²) in [5, 5.41) is 3.29. The number of methoxy groups -OCH3 is 1. The average molecular weight is 450 g/mol. The van der Waals surface area contributed by atoms with Gasteiger partial charge in [0.1, 0.15) is 23.4 Å². The van der Waals surface area contributed by atoms with Crippen LogP contribution in [0, 0.1) is 5.92 Å². The van der Waals surface area contributed by atoms with Gasteiger partial charge in [-0.15, -0.1) is 0 Å². The van der Waals surface area contributed by atoms with Crippen LogP contribution in [-0.2, 0) is 23.7 Å². The Bertz CT molecular complexity index is 720. The maximum absolute atomic E-state index is 12.6. The molecule has 3 rings (SSSR count). The first-order valence-electron chi connectivity index (χ1n) is 12.2. The van der Waals surface area contributed by atoms with E-state index in [2.05, 4.69) is 59.0 Å². The van der Waals surface area contributed by atoms with E-state index in [1.54, 1.807) is 7.11 Å². The average Bonchev–Trinajstić information content (AvgIpc) is 3.63. The van der Waals surface area contributed by atoms with Crippen LogP contribution in [0.25, 0.3) is 0 Å². The van der Waals surface area contributed by atoms with Crippen molar-refractivity contribution in [2.24, 2.45) is 5.92 Å². The second-order valence-corrected chi connectivity index (χ2v) is 10.5. The summed E-state index contributed by atoms with van der Waals surface area (Å²) in [6.45, 7) is 13.6. The molecule has 0 aromatic carbocycles. The van der Waals surface area contributed by atoms with Gasteiger partial charge in [0.25, 0.3) is 0 Å². The third kappa shape index (κ3) is 6.02. The highest BCUT2D eigenvalue weighted by Gasteiger charge is 2.72. The molecule has 6 nitrogen and oxygen atoms in total. The molecular weight excluding hydrogens is 406 g/mol. The fourth-order valence-electron chi connectivity index (χ4n) is 5.26. The van der Waals surface area contributed by atoms with E-state index in [-0.39, 0.29) is 54.0 Å². The number of allylic oxidation sites excluding steroid dienone is 3. The molecule has 3 aliphatic rings. The van der Waals surface area contributed by atoms with Gasteiger partial charge >= 0.3 is 5.97 Å². The topological polar surface area (TPSA) is 72.6 Å². The standard InChI is InChI=1S/C26H43NO5/c1-17(2)9-8-10-19(5)27-15-22(28)31-20-13-14-26(16-30-26)24(23(20)29-7)25(6)21(32-25)12-11-18(3)4/h9,11,19-21,23-24,27H,8,10,12-16H2,1-7H3. The van der Waals surface area contributed by atoms with E-state index in [1.165, 1.54) is 11.1 Å². The number of hydrogen-bond donors (Lipinski definition) is 1. The molecule has 2 heterocycles. The predicted octanol–water partition coefficient (Wildman–Crippen LogP) is 4.33. The normalized spacial score (nSPS) is 36.3. The van der Waals surface area contributed by atoms with Crippen molar-refractivity contribution in [3.8, 4) is 0 Å². The number of nitrogens with one attached hydrogen (secondary N) is 1. The zero-order chi connectivity index (χ0) is 23.5. The Morgan fingerprint density at radius 1 is 1.22 bits per heavy atom. The van der Waals surface area contributed by atoms with Crippen LogP contribution in [0.3, 0.4) is 0 Å².